The van der Waals surface area contributed by atoms with Crippen molar-refractivity contribution >= 4 is 11.8 Å². The molecule has 2 saturated heterocycles. The summed E-state index contributed by atoms with van der Waals surface area (Å²) in [6.07, 6.45) is 3.32. The third kappa shape index (κ3) is 2.48. The third-order valence-electron chi connectivity index (χ3n) is 5.47. The van der Waals surface area contributed by atoms with Crippen LogP contribution in [-0.2, 0) is 15.0 Å². The van der Waals surface area contributed by atoms with Gasteiger partial charge in [-0.05, 0) is 37.1 Å². The molecule has 4 heteroatoms. The van der Waals surface area contributed by atoms with Gasteiger partial charge in [0.1, 0.15) is 11.5 Å². The van der Waals surface area contributed by atoms with Gasteiger partial charge in [-0.1, -0.05) is 67.1 Å². The number of nitrogens with zero attached hydrogens (tertiary/aromatic N) is 1. The lowest BCUT2D eigenvalue weighted by molar-refractivity contribution is -0.126. The first kappa shape index (κ1) is 16.0. The molecule has 1 unspecified atom stereocenters. The normalized spacial score (nSPS) is 23.4. The Balaban J connectivity index is 1.94. The molecule has 2 aromatic carbocycles. The lowest BCUT2D eigenvalue weighted by Gasteiger charge is -2.40. The summed E-state index contributed by atoms with van der Waals surface area (Å²) in [6, 6.07) is 19.0. The zero-order valence-electron chi connectivity index (χ0n) is 14.2. The summed E-state index contributed by atoms with van der Waals surface area (Å²) in [5.74, 6) is -0.398. The van der Waals surface area contributed by atoms with E-state index in [1.54, 1.807) is 0 Å². The summed E-state index contributed by atoms with van der Waals surface area (Å²) in [5, 5.41) is 2.63. The summed E-state index contributed by atoms with van der Waals surface area (Å²) in [5.41, 5.74) is 0.761. The van der Waals surface area contributed by atoms with Crippen LogP contribution in [0.5, 0.6) is 0 Å². The van der Waals surface area contributed by atoms with E-state index in [9.17, 15) is 9.59 Å². The van der Waals surface area contributed by atoms with Crippen molar-refractivity contribution in [3.8, 4) is 0 Å². The number of likely N-dealkylation sites (tertiary alicyclic amines) is 1. The predicted octanol–water partition coefficient (Wildman–Crippen LogP) is 2.48. The molecule has 2 heterocycles. The minimum atomic E-state index is -0.989. The maximum Gasteiger partial charge on any atom is 0.245 e. The summed E-state index contributed by atoms with van der Waals surface area (Å²) in [4.78, 5) is 28.3. The first-order chi connectivity index (χ1) is 12.2. The fourth-order valence-corrected chi connectivity index (χ4v) is 4.36. The van der Waals surface area contributed by atoms with Crippen LogP contribution in [0.4, 0.5) is 0 Å². The van der Waals surface area contributed by atoms with Crippen LogP contribution in [0.3, 0.4) is 0 Å². The van der Waals surface area contributed by atoms with Crippen LogP contribution in [0.25, 0.3) is 0 Å². The van der Waals surface area contributed by atoms with Crippen LogP contribution in [0.15, 0.2) is 60.7 Å². The van der Waals surface area contributed by atoms with Gasteiger partial charge in [0.25, 0.3) is 0 Å². The third-order valence-corrected chi connectivity index (χ3v) is 5.47. The van der Waals surface area contributed by atoms with Crippen molar-refractivity contribution in [1.29, 1.82) is 0 Å². The van der Waals surface area contributed by atoms with E-state index in [0.29, 0.717) is 0 Å². The molecule has 2 amide bonds. The van der Waals surface area contributed by atoms with E-state index < -0.39 is 11.5 Å². The standard InChI is InChI=1S/C21H22N2O2/c24-19-18(23-14-8-3-9-15-23)21(20(25)22-19,16-10-4-1-5-11-16)17-12-6-2-7-13-17/h1-2,4-7,10-13,18H,3,8-9,14-15H2,(H,22,24,25). The second kappa shape index (κ2) is 6.45. The molecule has 2 fully saturated rings. The van der Waals surface area contributed by atoms with Gasteiger partial charge in [0.05, 0.1) is 0 Å². The van der Waals surface area contributed by atoms with Crippen molar-refractivity contribution in [3.05, 3.63) is 71.8 Å². The van der Waals surface area contributed by atoms with Crippen LogP contribution in [0.1, 0.15) is 30.4 Å². The Morgan fingerprint density at radius 2 is 1.32 bits per heavy atom. The first-order valence-corrected chi connectivity index (χ1v) is 8.95. The zero-order valence-corrected chi connectivity index (χ0v) is 14.2. The molecule has 1 N–H and O–H groups in total. The van der Waals surface area contributed by atoms with E-state index in [0.717, 1.165) is 37.1 Å². The van der Waals surface area contributed by atoms with Gasteiger partial charge < -0.3 is 0 Å². The Morgan fingerprint density at radius 1 is 0.800 bits per heavy atom. The van der Waals surface area contributed by atoms with Gasteiger partial charge in [-0.3, -0.25) is 19.8 Å². The highest BCUT2D eigenvalue weighted by molar-refractivity contribution is 6.14. The number of benzene rings is 2. The van der Waals surface area contributed by atoms with Crippen LogP contribution >= 0.6 is 0 Å². The summed E-state index contributed by atoms with van der Waals surface area (Å²) in [7, 11) is 0. The molecule has 25 heavy (non-hydrogen) atoms. The SMILES string of the molecule is O=C1NC(=O)C(c2ccccc2)(c2ccccc2)C1N1CCCCC1. The van der Waals surface area contributed by atoms with E-state index in [1.807, 2.05) is 60.7 Å². The lowest BCUT2D eigenvalue weighted by Crippen LogP contribution is -2.55. The number of rotatable bonds is 3. The topological polar surface area (TPSA) is 49.4 Å². The maximum atomic E-state index is 13.2. The molecule has 0 aromatic heterocycles. The minimum Gasteiger partial charge on any atom is -0.294 e. The Labute approximate surface area is 147 Å². The molecule has 2 aliphatic heterocycles. The molecule has 0 saturated carbocycles. The zero-order chi connectivity index (χ0) is 17.3. The van der Waals surface area contributed by atoms with E-state index >= 15 is 0 Å². The molecule has 0 spiro atoms. The number of hydrogen-bond acceptors (Lipinski definition) is 3. The highest BCUT2D eigenvalue weighted by atomic mass is 16.2. The monoisotopic (exact) mass is 334 g/mol. The number of amides is 2. The molecule has 4 nitrogen and oxygen atoms in total. The second-order valence-corrected chi connectivity index (χ2v) is 6.86. The predicted molar refractivity (Wildman–Crippen MR) is 96.0 cm³/mol. The van der Waals surface area contributed by atoms with E-state index in [2.05, 4.69) is 10.2 Å². The molecule has 4 rings (SSSR count). The van der Waals surface area contributed by atoms with Crippen LogP contribution in [-0.4, -0.2) is 35.8 Å². The van der Waals surface area contributed by atoms with Crippen LogP contribution in [0.2, 0.25) is 0 Å². The highest BCUT2D eigenvalue weighted by Crippen LogP contribution is 2.42. The van der Waals surface area contributed by atoms with Crippen LogP contribution < -0.4 is 5.32 Å². The minimum absolute atomic E-state index is 0.181. The van der Waals surface area contributed by atoms with Crippen molar-refractivity contribution in [2.24, 2.45) is 0 Å². The number of imide groups is 1. The van der Waals surface area contributed by atoms with Gasteiger partial charge in [0.15, 0.2) is 0 Å². The molecular weight excluding hydrogens is 312 g/mol. The van der Waals surface area contributed by atoms with Crippen molar-refractivity contribution in [1.82, 2.24) is 10.2 Å². The average Bonchev–Trinajstić information content (AvgIpc) is 2.94. The Bertz CT molecular complexity index is 727. The van der Waals surface area contributed by atoms with Crippen molar-refractivity contribution in [2.75, 3.05) is 13.1 Å². The van der Waals surface area contributed by atoms with Gasteiger partial charge in [0, 0.05) is 0 Å². The molecule has 1 atom stereocenters. The molecule has 2 aromatic rings. The Hall–Kier alpha value is -2.46. The summed E-state index contributed by atoms with van der Waals surface area (Å²) in [6.45, 7) is 1.71. The smallest absolute Gasteiger partial charge is 0.245 e. The number of piperidine rings is 1. The number of hydrogen-bond donors (Lipinski definition) is 1. The largest absolute Gasteiger partial charge is 0.294 e. The fourth-order valence-electron chi connectivity index (χ4n) is 4.36. The van der Waals surface area contributed by atoms with Crippen molar-refractivity contribution in [3.63, 3.8) is 0 Å². The Morgan fingerprint density at radius 3 is 1.84 bits per heavy atom. The number of nitrogens with one attached hydrogen (secondary N) is 1. The van der Waals surface area contributed by atoms with E-state index in [4.69, 9.17) is 0 Å². The van der Waals surface area contributed by atoms with Gasteiger partial charge in [-0.2, -0.15) is 0 Å². The summed E-state index contributed by atoms with van der Waals surface area (Å²) >= 11 is 0. The number of carbonyl (C=O) groups excluding carboxylic acids is 2. The van der Waals surface area contributed by atoms with Crippen molar-refractivity contribution in [2.45, 2.75) is 30.7 Å². The van der Waals surface area contributed by atoms with E-state index in [1.165, 1.54) is 6.42 Å². The second-order valence-electron chi connectivity index (χ2n) is 6.86. The van der Waals surface area contributed by atoms with Crippen molar-refractivity contribution < 1.29 is 9.59 Å². The molecular formula is C21H22N2O2. The molecule has 0 radical (unpaired) electrons. The molecule has 0 bridgehead atoms. The maximum absolute atomic E-state index is 13.2. The average molecular weight is 334 g/mol. The lowest BCUT2D eigenvalue weighted by atomic mass is 9.69. The van der Waals surface area contributed by atoms with Crippen LogP contribution in [0, 0.1) is 0 Å². The van der Waals surface area contributed by atoms with Gasteiger partial charge >= 0.3 is 0 Å². The van der Waals surface area contributed by atoms with E-state index in [-0.39, 0.29) is 11.8 Å². The molecule has 0 aliphatic carbocycles. The first-order valence-electron chi connectivity index (χ1n) is 8.95. The molecule has 128 valence electrons. The molecule has 2 aliphatic rings. The number of carbonyl (C=O) groups is 2. The Kier molecular flexibility index (Phi) is 4.14. The van der Waals surface area contributed by atoms with Gasteiger partial charge in [-0.15, -0.1) is 0 Å². The quantitative estimate of drug-likeness (QED) is 0.878. The highest BCUT2D eigenvalue weighted by Gasteiger charge is 2.59. The fraction of sp³-hybridized carbons (Fsp3) is 0.333. The summed E-state index contributed by atoms with van der Waals surface area (Å²) < 4.78 is 0. The van der Waals surface area contributed by atoms with Gasteiger partial charge in [0.2, 0.25) is 11.8 Å². The van der Waals surface area contributed by atoms with Gasteiger partial charge in [-0.25, -0.2) is 0 Å².